The standard InChI is InChI=1S/C18H13Cl2N3O/c19-14-7-4-8-15(20)17(14)12-9-16(24)23-18(13(12)10-21)22-11-5-2-1-3-6-11/h1-8,12,22H,9H2,(H,23,24). The molecule has 24 heavy (non-hydrogen) atoms. The molecule has 1 heterocycles. The van der Waals surface area contributed by atoms with Crippen LogP contribution in [-0.2, 0) is 4.79 Å². The van der Waals surface area contributed by atoms with Crippen LogP contribution in [0.15, 0.2) is 59.9 Å². The van der Waals surface area contributed by atoms with E-state index in [2.05, 4.69) is 16.7 Å². The Balaban J connectivity index is 2.08. The van der Waals surface area contributed by atoms with Crippen molar-refractivity contribution in [1.82, 2.24) is 5.32 Å². The minimum absolute atomic E-state index is 0.117. The van der Waals surface area contributed by atoms with Gasteiger partial charge in [0.15, 0.2) is 0 Å². The van der Waals surface area contributed by atoms with E-state index in [1.165, 1.54) is 0 Å². The molecule has 0 spiro atoms. The van der Waals surface area contributed by atoms with Crippen molar-refractivity contribution in [2.45, 2.75) is 12.3 Å². The molecule has 0 bridgehead atoms. The number of amides is 1. The molecular formula is C18H13Cl2N3O. The maximum Gasteiger partial charge on any atom is 0.226 e. The lowest BCUT2D eigenvalue weighted by molar-refractivity contribution is -0.121. The van der Waals surface area contributed by atoms with Gasteiger partial charge in [-0.2, -0.15) is 5.26 Å². The van der Waals surface area contributed by atoms with Crippen LogP contribution >= 0.6 is 23.2 Å². The Bertz CT molecular complexity index is 836. The van der Waals surface area contributed by atoms with Crippen LogP contribution in [0.3, 0.4) is 0 Å². The van der Waals surface area contributed by atoms with Gasteiger partial charge in [0.1, 0.15) is 5.82 Å². The van der Waals surface area contributed by atoms with Crippen LogP contribution in [0.25, 0.3) is 0 Å². The largest absolute Gasteiger partial charge is 0.341 e. The summed E-state index contributed by atoms with van der Waals surface area (Å²) in [6, 6.07) is 16.6. The Kier molecular flexibility index (Phi) is 4.75. The topological polar surface area (TPSA) is 64.9 Å². The van der Waals surface area contributed by atoms with Crippen molar-refractivity contribution in [3.63, 3.8) is 0 Å². The van der Waals surface area contributed by atoms with E-state index in [-0.39, 0.29) is 12.3 Å². The number of allylic oxidation sites excluding steroid dienone is 1. The first kappa shape index (κ1) is 16.4. The van der Waals surface area contributed by atoms with E-state index in [4.69, 9.17) is 23.2 Å². The lowest BCUT2D eigenvalue weighted by Gasteiger charge is -2.27. The molecule has 0 fully saturated rings. The molecule has 0 aromatic heterocycles. The van der Waals surface area contributed by atoms with Gasteiger partial charge in [-0.15, -0.1) is 0 Å². The van der Waals surface area contributed by atoms with Crippen molar-refractivity contribution in [1.29, 1.82) is 5.26 Å². The number of hydrogen-bond acceptors (Lipinski definition) is 3. The maximum absolute atomic E-state index is 12.2. The third-order valence-electron chi connectivity index (χ3n) is 3.78. The number of nitriles is 1. The van der Waals surface area contributed by atoms with E-state index < -0.39 is 5.92 Å². The van der Waals surface area contributed by atoms with Gasteiger partial charge in [0, 0.05) is 28.1 Å². The molecule has 0 saturated heterocycles. The molecule has 120 valence electrons. The third kappa shape index (κ3) is 3.23. The molecule has 6 heteroatoms. The summed E-state index contributed by atoms with van der Waals surface area (Å²) in [6.45, 7) is 0. The van der Waals surface area contributed by atoms with E-state index in [1.54, 1.807) is 18.2 Å². The number of halogens is 2. The highest BCUT2D eigenvalue weighted by molar-refractivity contribution is 6.36. The summed E-state index contributed by atoms with van der Waals surface area (Å²) in [4.78, 5) is 12.2. The first-order chi connectivity index (χ1) is 11.6. The van der Waals surface area contributed by atoms with Gasteiger partial charge in [0.25, 0.3) is 0 Å². The molecule has 3 rings (SSSR count). The summed E-state index contributed by atoms with van der Waals surface area (Å²) < 4.78 is 0. The normalized spacial score (nSPS) is 17.2. The number of benzene rings is 2. The number of nitrogens with zero attached hydrogens (tertiary/aromatic N) is 1. The van der Waals surface area contributed by atoms with Crippen molar-refractivity contribution >= 4 is 34.8 Å². The zero-order valence-corrected chi connectivity index (χ0v) is 14.0. The number of rotatable bonds is 3. The lowest BCUT2D eigenvalue weighted by atomic mass is 9.86. The molecule has 1 aliphatic rings. The number of hydrogen-bond donors (Lipinski definition) is 2. The van der Waals surface area contributed by atoms with Crippen LogP contribution in [0, 0.1) is 11.3 Å². The fourth-order valence-electron chi connectivity index (χ4n) is 2.71. The van der Waals surface area contributed by atoms with Gasteiger partial charge in [-0.1, -0.05) is 47.5 Å². The van der Waals surface area contributed by atoms with Crippen molar-refractivity contribution in [3.8, 4) is 6.07 Å². The number of carbonyl (C=O) groups excluding carboxylic acids is 1. The van der Waals surface area contributed by atoms with Crippen molar-refractivity contribution in [2.24, 2.45) is 0 Å². The third-order valence-corrected chi connectivity index (χ3v) is 4.44. The average Bonchev–Trinajstić information content (AvgIpc) is 2.55. The predicted molar refractivity (Wildman–Crippen MR) is 94.7 cm³/mol. The van der Waals surface area contributed by atoms with Crippen LogP contribution in [0.2, 0.25) is 10.0 Å². The zero-order chi connectivity index (χ0) is 17.1. The van der Waals surface area contributed by atoms with Crippen LogP contribution in [0.5, 0.6) is 0 Å². The molecule has 1 unspecified atom stereocenters. The highest BCUT2D eigenvalue weighted by Crippen LogP contribution is 2.40. The molecule has 1 atom stereocenters. The number of nitrogens with one attached hydrogen (secondary N) is 2. The van der Waals surface area contributed by atoms with Gasteiger partial charge in [-0.3, -0.25) is 4.79 Å². The minimum Gasteiger partial charge on any atom is -0.341 e. The average molecular weight is 358 g/mol. The molecule has 1 aliphatic heterocycles. The highest BCUT2D eigenvalue weighted by Gasteiger charge is 2.32. The fourth-order valence-corrected chi connectivity index (χ4v) is 3.37. The summed E-state index contributed by atoms with van der Waals surface area (Å²) in [5.74, 6) is -0.328. The van der Waals surface area contributed by atoms with E-state index in [0.29, 0.717) is 27.0 Å². The van der Waals surface area contributed by atoms with Gasteiger partial charge < -0.3 is 10.6 Å². The van der Waals surface area contributed by atoms with Crippen LogP contribution in [-0.4, -0.2) is 5.91 Å². The predicted octanol–water partition coefficient (Wildman–Crippen LogP) is 4.44. The monoisotopic (exact) mass is 357 g/mol. The summed E-state index contributed by atoms with van der Waals surface area (Å²) in [6.07, 6.45) is 0.117. The van der Waals surface area contributed by atoms with Crippen molar-refractivity contribution in [3.05, 3.63) is 75.5 Å². The SMILES string of the molecule is N#CC1=C(Nc2ccccc2)NC(=O)CC1c1c(Cl)cccc1Cl. The second kappa shape index (κ2) is 6.96. The van der Waals surface area contributed by atoms with E-state index in [1.807, 2.05) is 30.3 Å². The minimum atomic E-state index is -0.490. The number of para-hydroxylation sites is 1. The van der Waals surface area contributed by atoms with Crippen LogP contribution in [0.1, 0.15) is 17.9 Å². The quantitative estimate of drug-likeness (QED) is 0.852. The number of carbonyl (C=O) groups is 1. The Morgan fingerprint density at radius 2 is 1.75 bits per heavy atom. The maximum atomic E-state index is 12.2. The Morgan fingerprint density at radius 1 is 1.08 bits per heavy atom. The Morgan fingerprint density at radius 3 is 2.38 bits per heavy atom. The fraction of sp³-hybridized carbons (Fsp3) is 0.111. The molecular weight excluding hydrogens is 345 g/mol. The molecule has 2 N–H and O–H groups in total. The summed E-state index contributed by atoms with van der Waals surface area (Å²) >= 11 is 12.5. The van der Waals surface area contributed by atoms with Crippen molar-refractivity contribution in [2.75, 3.05) is 5.32 Å². The highest BCUT2D eigenvalue weighted by atomic mass is 35.5. The van der Waals surface area contributed by atoms with Crippen molar-refractivity contribution < 1.29 is 4.79 Å². The van der Waals surface area contributed by atoms with E-state index >= 15 is 0 Å². The molecule has 2 aromatic rings. The lowest BCUT2D eigenvalue weighted by Crippen LogP contribution is -2.35. The zero-order valence-electron chi connectivity index (χ0n) is 12.5. The van der Waals surface area contributed by atoms with Gasteiger partial charge in [0.2, 0.25) is 5.91 Å². The molecule has 0 radical (unpaired) electrons. The molecule has 0 aliphatic carbocycles. The second-order valence-electron chi connectivity index (χ2n) is 5.33. The van der Waals surface area contributed by atoms with Gasteiger partial charge in [-0.05, 0) is 29.8 Å². The molecule has 1 amide bonds. The van der Waals surface area contributed by atoms with Gasteiger partial charge in [-0.25, -0.2) is 0 Å². The van der Waals surface area contributed by atoms with Gasteiger partial charge >= 0.3 is 0 Å². The molecule has 4 nitrogen and oxygen atoms in total. The molecule has 0 saturated carbocycles. The summed E-state index contributed by atoms with van der Waals surface area (Å²) in [5, 5.41) is 16.3. The number of anilines is 1. The first-order valence-corrected chi connectivity index (χ1v) is 8.06. The van der Waals surface area contributed by atoms with Gasteiger partial charge in [0.05, 0.1) is 11.6 Å². The Labute approximate surface area is 149 Å². The first-order valence-electron chi connectivity index (χ1n) is 7.30. The van der Waals surface area contributed by atoms with E-state index in [9.17, 15) is 10.1 Å². The molecule has 2 aromatic carbocycles. The Hall–Kier alpha value is -2.48. The summed E-state index contributed by atoms with van der Waals surface area (Å²) in [7, 11) is 0. The summed E-state index contributed by atoms with van der Waals surface area (Å²) in [5.41, 5.74) is 1.76. The van der Waals surface area contributed by atoms with Crippen LogP contribution in [0.4, 0.5) is 5.69 Å². The van der Waals surface area contributed by atoms with Crippen LogP contribution < -0.4 is 10.6 Å². The van der Waals surface area contributed by atoms with E-state index in [0.717, 1.165) is 5.69 Å². The smallest absolute Gasteiger partial charge is 0.226 e. The second-order valence-corrected chi connectivity index (χ2v) is 6.15.